The minimum absolute atomic E-state index is 0. The minimum Gasteiger partial charge on any atom is -0.395 e. The summed E-state index contributed by atoms with van der Waals surface area (Å²) in [6, 6.07) is 9.10. The van der Waals surface area contributed by atoms with Gasteiger partial charge in [-0.05, 0) is 18.2 Å². The van der Waals surface area contributed by atoms with E-state index in [2.05, 4.69) is 5.32 Å². The van der Waals surface area contributed by atoms with Crippen LogP contribution in [0.2, 0.25) is 0 Å². The van der Waals surface area contributed by atoms with Gasteiger partial charge in [-0.1, -0.05) is 12.1 Å². The lowest BCUT2D eigenvalue weighted by Crippen LogP contribution is -2.41. The van der Waals surface area contributed by atoms with Crippen LogP contribution in [0.15, 0.2) is 49.1 Å². The maximum absolute atomic E-state index is 13.0. The fourth-order valence-electron chi connectivity index (χ4n) is 3.74. The summed E-state index contributed by atoms with van der Waals surface area (Å²) in [4.78, 5) is 27.4. The van der Waals surface area contributed by atoms with Gasteiger partial charge >= 0.3 is 0 Å². The molecule has 29 heavy (non-hydrogen) atoms. The van der Waals surface area contributed by atoms with Crippen molar-refractivity contribution in [2.45, 2.75) is 13.0 Å². The summed E-state index contributed by atoms with van der Waals surface area (Å²) in [6.07, 6.45) is 6.58. The molecule has 4 rings (SSSR count). The van der Waals surface area contributed by atoms with Crippen molar-refractivity contribution in [1.29, 1.82) is 0 Å². The van der Waals surface area contributed by atoms with E-state index < -0.39 is 0 Å². The SMILES string of the molecule is C[n+]1ccn(CCCN2C(=O)c3cccc4c(NCCO)ccc(c34)C2=O)c1.[CH3-]. The van der Waals surface area contributed by atoms with Crippen molar-refractivity contribution in [3.05, 3.63) is 67.6 Å². The Morgan fingerprint density at radius 2 is 1.83 bits per heavy atom. The van der Waals surface area contributed by atoms with Gasteiger partial charge in [0.25, 0.3) is 11.8 Å². The lowest BCUT2D eigenvalue weighted by atomic mass is 9.93. The first-order valence-corrected chi connectivity index (χ1v) is 9.38. The Hall–Kier alpha value is -3.19. The summed E-state index contributed by atoms with van der Waals surface area (Å²) in [7, 11) is 1.95. The van der Waals surface area contributed by atoms with Crippen LogP contribution >= 0.6 is 0 Å². The number of aliphatic hydroxyl groups is 1. The van der Waals surface area contributed by atoms with Crippen molar-refractivity contribution in [2.24, 2.45) is 7.05 Å². The number of imidazole rings is 1. The molecular formula is C22H26N4O3. The summed E-state index contributed by atoms with van der Waals surface area (Å²) >= 11 is 0. The van der Waals surface area contributed by atoms with Crippen LogP contribution in [-0.4, -0.2) is 46.1 Å². The lowest BCUT2D eigenvalue weighted by molar-refractivity contribution is -0.671. The Morgan fingerprint density at radius 3 is 2.52 bits per heavy atom. The highest BCUT2D eigenvalue weighted by Gasteiger charge is 2.33. The predicted molar refractivity (Wildman–Crippen MR) is 112 cm³/mol. The highest BCUT2D eigenvalue weighted by Crippen LogP contribution is 2.34. The third kappa shape index (κ3) is 3.73. The quantitative estimate of drug-likeness (QED) is 0.365. The second-order valence-corrected chi connectivity index (χ2v) is 6.97. The van der Waals surface area contributed by atoms with Gasteiger partial charge in [-0.15, -0.1) is 0 Å². The molecule has 2 aromatic carbocycles. The van der Waals surface area contributed by atoms with Gasteiger partial charge in [0, 0.05) is 47.1 Å². The average Bonchev–Trinajstić information content (AvgIpc) is 3.12. The van der Waals surface area contributed by atoms with Crippen molar-refractivity contribution in [2.75, 3.05) is 25.0 Å². The number of benzene rings is 2. The van der Waals surface area contributed by atoms with Gasteiger partial charge in [0.2, 0.25) is 6.33 Å². The molecule has 2 amide bonds. The summed E-state index contributed by atoms with van der Waals surface area (Å²) in [6.45, 7) is 1.52. The van der Waals surface area contributed by atoms with Crippen LogP contribution < -0.4 is 9.88 Å². The van der Waals surface area contributed by atoms with Crippen LogP contribution in [0.25, 0.3) is 10.8 Å². The molecule has 0 spiro atoms. The van der Waals surface area contributed by atoms with Gasteiger partial charge in [0.15, 0.2) is 0 Å². The van der Waals surface area contributed by atoms with Gasteiger partial charge in [0.1, 0.15) is 12.4 Å². The van der Waals surface area contributed by atoms with E-state index in [1.54, 1.807) is 12.1 Å². The normalized spacial score (nSPS) is 13.0. The number of anilines is 1. The fourth-order valence-corrected chi connectivity index (χ4v) is 3.74. The first kappa shape index (κ1) is 20.5. The second-order valence-electron chi connectivity index (χ2n) is 6.97. The minimum atomic E-state index is -0.250. The summed E-state index contributed by atoms with van der Waals surface area (Å²) in [5.74, 6) is -0.499. The van der Waals surface area contributed by atoms with Crippen molar-refractivity contribution < 1.29 is 19.3 Å². The highest BCUT2D eigenvalue weighted by molar-refractivity contribution is 6.26. The summed E-state index contributed by atoms with van der Waals surface area (Å²) < 4.78 is 3.99. The predicted octanol–water partition coefficient (Wildman–Crippen LogP) is 2.01. The smallest absolute Gasteiger partial charge is 0.261 e. The number of carbonyl (C=O) groups is 2. The molecule has 7 heteroatoms. The molecule has 3 aromatic rings. The molecule has 0 unspecified atom stereocenters. The van der Waals surface area contributed by atoms with Crippen molar-refractivity contribution in [3.63, 3.8) is 0 Å². The number of aliphatic hydroxyl groups excluding tert-OH is 1. The molecular weight excluding hydrogens is 368 g/mol. The van der Waals surface area contributed by atoms with Gasteiger partial charge in [-0.25, -0.2) is 9.13 Å². The lowest BCUT2D eigenvalue weighted by Gasteiger charge is -2.27. The number of amides is 2. The fraction of sp³-hybridized carbons (Fsp3) is 0.273. The Morgan fingerprint density at radius 1 is 1.07 bits per heavy atom. The Balaban J connectivity index is 0.00000240. The van der Waals surface area contributed by atoms with E-state index in [-0.39, 0.29) is 25.8 Å². The number of hydrogen-bond acceptors (Lipinski definition) is 4. The number of hydrogen-bond donors (Lipinski definition) is 2. The molecule has 2 N–H and O–H groups in total. The van der Waals surface area contributed by atoms with E-state index in [0.29, 0.717) is 36.0 Å². The van der Waals surface area contributed by atoms with E-state index in [4.69, 9.17) is 5.11 Å². The largest absolute Gasteiger partial charge is 0.395 e. The first-order chi connectivity index (χ1) is 13.6. The van der Waals surface area contributed by atoms with Crippen LogP contribution in [0.3, 0.4) is 0 Å². The van der Waals surface area contributed by atoms with Crippen LogP contribution in [-0.2, 0) is 13.6 Å². The van der Waals surface area contributed by atoms with Gasteiger partial charge < -0.3 is 17.8 Å². The van der Waals surface area contributed by atoms with Crippen LogP contribution in [0, 0.1) is 7.43 Å². The molecule has 0 atom stereocenters. The molecule has 0 saturated heterocycles. The van der Waals surface area contributed by atoms with Crippen molar-refractivity contribution in [3.8, 4) is 0 Å². The molecule has 0 bridgehead atoms. The van der Waals surface area contributed by atoms with Crippen LogP contribution in [0.1, 0.15) is 27.1 Å². The molecule has 0 saturated carbocycles. The van der Waals surface area contributed by atoms with Crippen molar-refractivity contribution >= 4 is 28.3 Å². The summed E-state index contributed by atoms with van der Waals surface area (Å²) in [5.41, 5.74) is 1.91. The zero-order valence-electron chi connectivity index (χ0n) is 16.8. The number of aryl methyl sites for hydroxylation is 2. The number of nitrogens with one attached hydrogen (secondary N) is 1. The second kappa shape index (κ2) is 8.45. The zero-order valence-corrected chi connectivity index (χ0v) is 16.8. The van der Waals surface area contributed by atoms with Gasteiger partial charge in [-0.2, -0.15) is 0 Å². The molecule has 1 aliphatic rings. The number of rotatable bonds is 7. The standard InChI is InChI=1S/C21H22N4O3.CH3/c1-23-11-12-24(14-23)9-3-10-25-20(27)16-5-2-4-15-18(22-8-13-26)7-6-17(19(15)16)21(25)28;/h2,4-7,11-12,14,26H,3,8-10,13H2,1H3;1H3/q;-1/p+1. The molecule has 152 valence electrons. The number of aromatic nitrogens is 2. The molecule has 0 fully saturated rings. The van der Waals surface area contributed by atoms with Crippen LogP contribution in [0.5, 0.6) is 0 Å². The topological polar surface area (TPSA) is 78.4 Å². The van der Waals surface area contributed by atoms with E-state index in [0.717, 1.165) is 17.6 Å². The maximum Gasteiger partial charge on any atom is 0.261 e. The maximum atomic E-state index is 13.0. The number of imide groups is 1. The monoisotopic (exact) mass is 394 g/mol. The first-order valence-electron chi connectivity index (χ1n) is 9.38. The Labute approximate surface area is 170 Å². The molecule has 0 aliphatic carbocycles. The van der Waals surface area contributed by atoms with E-state index in [1.807, 2.05) is 53.1 Å². The number of carbonyl (C=O) groups excluding carboxylic acids is 2. The number of nitrogens with zero attached hydrogens (tertiary/aromatic N) is 3. The third-order valence-corrected chi connectivity index (χ3v) is 5.04. The molecule has 0 radical (unpaired) electrons. The zero-order chi connectivity index (χ0) is 19.7. The molecule has 7 nitrogen and oxygen atoms in total. The third-order valence-electron chi connectivity index (χ3n) is 5.04. The Bertz CT molecular complexity index is 1040. The van der Waals surface area contributed by atoms with Crippen LogP contribution in [0.4, 0.5) is 5.69 Å². The van der Waals surface area contributed by atoms with E-state index in [9.17, 15) is 9.59 Å². The Kier molecular flexibility index (Phi) is 5.98. The van der Waals surface area contributed by atoms with Crippen molar-refractivity contribution in [1.82, 2.24) is 9.47 Å². The highest BCUT2D eigenvalue weighted by atomic mass is 16.3. The molecule has 2 heterocycles. The molecule has 1 aromatic heterocycles. The average molecular weight is 394 g/mol. The summed E-state index contributed by atoms with van der Waals surface area (Å²) in [5, 5.41) is 13.7. The van der Waals surface area contributed by atoms with E-state index in [1.165, 1.54) is 4.90 Å². The van der Waals surface area contributed by atoms with E-state index >= 15 is 0 Å². The van der Waals surface area contributed by atoms with Gasteiger partial charge in [0.05, 0.1) is 20.2 Å². The van der Waals surface area contributed by atoms with Gasteiger partial charge in [-0.3, -0.25) is 14.5 Å². The molecule has 1 aliphatic heterocycles.